The van der Waals surface area contributed by atoms with Gasteiger partial charge in [0.15, 0.2) is 0 Å². The fourth-order valence-electron chi connectivity index (χ4n) is 1.59. The van der Waals surface area contributed by atoms with Crippen LogP contribution in [0.2, 0.25) is 0 Å². The van der Waals surface area contributed by atoms with Gasteiger partial charge >= 0.3 is 0 Å². The molecule has 0 amide bonds. The van der Waals surface area contributed by atoms with E-state index in [9.17, 15) is 14.5 Å². The van der Waals surface area contributed by atoms with Crippen LogP contribution in [0, 0.1) is 22.9 Å². The molecule has 0 aliphatic heterocycles. The Morgan fingerprint density at radius 3 is 2.84 bits per heavy atom. The lowest BCUT2D eigenvalue weighted by Crippen LogP contribution is -2.03. The van der Waals surface area contributed by atoms with Gasteiger partial charge in [-0.15, -0.1) is 11.3 Å². The largest absolute Gasteiger partial charge is 0.375 e. The molecule has 19 heavy (non-hydrogen) atoms. The number of hydrogen-bond donors (Lipinski definition) is 1. The van der Waals surface area contributed by atoms with Crippen molar-refractivity contribution in [2.24, 2.45) is 0 Å². The van der Waals surface area contributed by atoms with Gasteiger partial charge in [-0.05, 0) is 45.9 Å². The van der Waals surface area contributed by atoms with Crippen LogP contribution in [-0.4, -0.2) is 4.92 Å². The number of nitrogens with one attached hydrogen (secondary N) is 1. The van der Waals surface area contributed by atoms with E-state index in [0.717, 1.165) is 16.5 Å². The Labute approximate surface area is 121 Å². The minimum absolute atomic E-state index is 0.198. The quantitative estimate of drug-likeness (QED) is 0.657. The molecule has 1 heterocycles. The highest BCUT2D eigenvalue weighted by atomic mass is 79.9. The molecule has 0 saturated carbocycles. The van der Waals surface area contributed by atoms with E-state index in [1.165, 1.54) is 6.07 Å². The molecule has 1 aromatic carbocycles. The van der Waals surface area contributed by atoms with Crippen LogP contribution in [0.5, 0.6) is 0 Å². The van der Waals surface area contributed by atoms with Gasteiger partial charge < -0.3 is 5.32 Å². The van der Waals surface area contributed by atoms with E-state index in [1.807, 2.05) is 18.4 Å². The standard InChI is InChI=1S/C12H10BrFN2O2S/c1-7-2-3-19-12(7)6-15-10-4-8(13)9(14)5-11(10)16(17)18/h2-5,15H,6H2,1H3. The van der Waals surface area contributed by atoms with E-state index in [0.29, 0.717) is 12.2 Å². The van der Waals surface area contributed by atoms with Crippen molar-refractivity contribution < 1.29 is 9.31 Å². The number of hydrogen-bond acceptors (Lipinski definition) is 4. The van der Waals surface area contributed by atoms with Crippen molar-refractivity contribution >= 4 is 38.6 Å². The van der Waals surface area contributed by atoms with E-state index >= 15 is 0 Å². The molecule has 1 aromatic heterocycles. The summed E-state index contributed by atoms with van der Waals surface area (Å²) in [6, 6.07) is 4.28. The molecule has 2 aromatic rings. The Bertz CT molecular complexity index is 630. The van der Waals surface area contributed by atoms with Gasteiger partial charge in [0.2, 0.25) is 0 Å². The van der Waals surface area contributed by atoms with Gasteiger partial charge in [-0.1, -0.05) is 0 Å². The molecule has 0 aliphatic rings. The Kier molecular flexibility index (Phi) is 4.16. The number of nitrogens with zero attached hydrogens (tertiary/aromatic N) is 1. The van der Waals surface area contributed by atoms with Crippen LogP contribution in [0.4, 0.5) is 15.8 Å². The first kappa shape index (κ1) is 14.0. The molecule has 0 saturated heterocycles. The van der Waals surface area contributed by atoms with Gasteiger partial charge in [0.05, 0.1) is 15.5 Å². The number of nitro groups is 1. The summed E-state index contributed by atoms with van der Waals surface area (Å²) in [7, 11) is 0. The highest BCUT2D eigenvalue weighted by Crippen LogP contribution is 2.31. The average molecular weight is 345 g/mol. The number of anilines is 1. The summed E-state index contributed by atoms with van der Waals surface area (Å²) in [6.45, 7) is 2.45. The number of thiophene rings is 1. The van der Waals surface area contributed by atoms with Crippen LogP contribution in [0.1, 0.15) is 10.4 Å². The molecular weight excluding hydrogens is 335 g/mol. The normalized spacial score (nSPS) is 10.5. The van der Waals surface area contributed by atoms with Crippen LogP contribution in [0.3, 0.4) is 0 Å². The minimum Gasteiger partial charge on any atom is -0.375 e. The lowest BCUT2D eigenvalue weighted by molar-refractivity contribution is -0.384. The zero-order chi connectivity index (χ0) is 14.0. The molecule has 100 valence electrons. The SMILES string of the molecule is Cc1ccsc1CNc1cc(Br)c(F)cc1[N+](=O)[O-]. The second kappa shape index (κ2) is 5.66. The van der Waals surface area contributed by atoms with Crippen molar-refractivity contribution in [2.75, 3.05) is 5.32 Å². The molecule has 0 bridgehead atoms. The van der Waals surface area contributed by atoms with Crippen LogP contribution < -0.4 is 5.32 Å². The summed E-state index contributed by atoms with van der Waals surface area (Å²) >= 11 is 4.60. The van der Waals surface area contributed by atoms with Crippen LogP contribution in [0.15, 0.2) is 28.1 Å². The van der Waals surface area contributed by atoms with Gasteiger partial charge in [0.1, 0.15) is 11.5 Å². The summed E-state index contributed by atoms with van der Waals surface area (Å²) in [6.07, 6.45) is 0. The fraction of sp³-hybridized carbons (Fsp3) is 0.167. The Balaban J connectivity index is 2.26. The fourth-order valence-corrected chi connectivity index (χ4v) is 2.78. The summed E-state index contributed by atoms with van der Waals surface area (Å²) in [4.78, 5) is 11.4. The minimum atomic E-state index is -0.649. The third-order valence-corrected chi connectivity index (χ3v) is 4.27. The second-order valence-corrected chi connectivity index (χ2v) is 5.78. The molecule has 4 nitrogen and oxygen atoms in total. The molecule has 0 atom stereocenters. The second-order valence-electron chi connectivity index (χ2n) is 3.92. The molecule has 2 rings (SSSR count). The topological polar surface area (TPSA) is 55.2 Å². The lowest BCUT2D eigenvalue weighted by atomic mass is 10.2. The third kappa shape index (κ3) is 3.10. The van der Waals surface area contributed by atoms with Crippen molar-refractivity contribution in [3.63, 3.8) is 0 Å². The monoisotopic (exact) mass is 344 g/mol. The van der Waals surface area contributed by atoms with Crippen molar-refractivity contribution in [1.29, 1.82) is 0 Å². The maximum atomic E-state index is 13.3. The average Bonchev–Trinajstić information content (AvgIpc) is 2.75. The molecule has 1 N–H and O–H groups in total. The van der Waals surface area contributed by atoms with E-state index in [4.69, 9.17) is 0 Å². The van der Waals surface area contributed by atoms with Crippen molar-refractivity contribution in [2.45, 2.75) is 13.5 Å². The van der Waals surface area contributed by atoms with Gasteiger partial charge in [0.25, 0.3) is 5.69 Å². The molecular formula is C12H10BrFN2O2S. The number of halogens is 2. The van der Waals surface area contributed by atoms with Crippen LogP contribution in [-0.2, 0) is 6.54 Å². The Morgan fingerprint density at radius 2 is 2.26 bits per heavy atom. The van der Waals surface area contributed by atoms with E-state index in [-0.39, 0.29) is 10.2 Å². The molecule has 0 unspecified atom stereocenters. The van der Waals surface area contributed by atoms with E-state index < -0.39 is 10.7 Å². The first-order chi connectivity index (χ1) is 8.99. The number of nitro benzene ring substituents is 1. The number of benzene rings is 1. The number of rotatable bonds is 4. The first-order valence-corrected chi connectivity index (χ1v) is 7.06. The van der Waals surface area contributed by atoms with Crippen LogP contribution in [0.25, 0.3) is 0 Å². The van der Waals surface area contributed by atoms with Gasteiger partial charge in [-0.25, -0.2) is 4.39 Å². The zero-order valence-electron chi connectivity index (χ0n) is 9.94. The predicted octanol–water partition coefficient (Wildman–Crippen LogP) is 4.48. The molecule has 7 heteroatoms. The summed E-state index contributed by atoms with van der Waals surface area (Å²) < 4.78 is 13.5. The summed E-state index contributed by atoms with van der Waals surface area (Å²) in [5, 5.41) is 15.8. The highest BCUT2D eigenvalue weighted by Gasteiger charge is 2.17. The van der Waals surface area contributed by atoms with Crippen molar-refractivity contribution in [3.05, 3.63) is 54.4 Å². The van der Waals surface area contributed by atoms with Crippen molar-refractivity contribution in [1.82, 2.24) is 0 Å². The van der Waals surface area contributed by atoms with Gasteiger partial charge in [-0.2, -0.15) is 0 Å². The molecule has 0 spiro atoms. The Hall–Kier alpha value is -1.47. The summed E-state index contributed by atoms with van der Waals surface area (Å²) in [5.41, 5.74) is 1.15. The van der Waals surface area contributed by atoms with E-state index in [1.54, 1.807) is 11.3 Å². The van der Waals surface area contributed by atoms with Gasteiger partial charge in [0, 0.05) is 11.4 Å². The van der Waals surface area contributed by atoms with Gasteiger partial charge in [-0.3, -0.25) is 10.1 Å². The maximum absolute atomic E-state index is 13.3. The molecule has 0 aliphatic carbocycles. The number of aryl methyl sites for hydroxylation is 1. The van der Waals surface area contributed by atoms with Crippen molar-refractivity contribution in [3.8, 4) is 0 Å². The Morgan fingerprint density at radius 1 is 1.53 bits per heavy atom. The molecule has 0 fully saturated rings. The van der Waals surface area contributed by atoms with E-state index in [2.05, 4.69) is 21.2 Å². The lowest BCUT2D eigenvalue weighted by Gasteiger charge is -2.08. The first-order valence-electron chi connectivity index (χ1n) is 5.39. The maximum Gasteiger partial charge on any atom is 0.295 e. The predicted molar refractivity (Wildman–Crippen MR) is 77.1 cm³/mol. The summed E-state index contributed by atoms with van der Waals surface area (Å²) in [5.74, 6) is -0.649. The third-order valence-electron chi connectivity index (χ3n) is 2.64. The zero-order valence-corrected chi connectivity index (χ0v) is 12.3. The smallest absolute Gasteiger partial charge is 0.295 e. The highest BCUT2D eigenvalue weighted by molar-refractivity contribution is 9.10. The molecule has 0 radical (unpaired) electrons. The van der Waals surface area contributed by atoms with Crippen LogP contribution >= 0.6 is 27.3 Å².